The Labute approximate surface area is 150 Å². The van der Waals surface area contributed by atoms with Gasteiger partial charge in [0, 0.05) is 18.8 Å². The molecule has 1 N–H and O–H groups in total. The summed E-state index contributed by atoms with van der Waals surface area (Å²) < 4.78 is 30.1. The van der Waals surface area contributed by atoms with E-state index < -0.39 is 17.3 Å². The Morgan fingerprint density at radius 3 is 2.92 bits per heavy atom. The maximum Gasteiger partial charge on any atom is 0.258 e. The number of rotatable bonds is 5. The molecule has 0 aliphatic heterocycles. The molecule has 2 fully saturated rings. The van der Waals surface area contributed by atoms with E-state index in [0.29, 0.717) is 36.5 Å². The Hall–Kier alpha value is -2.38. The number of carbonyl (C=O) groups is 1. The summed E-state index contributed by atoms with van der Waals surface area (Å²) in [5, 5.41) is 14.4. The molecule has 0 saturated heterocycles. The molecule has 2 aliphatic rings. The number of carbonyl (C=O) groups excluding carboxylic acids is 1. The van der Waals surface area contributed by atoms with Gasteiger partial charge in [-0.3, -0.25) is 4.79 Å². The van der Waals surface area contributed by atoms with Crippen molar-refractivity contribution in [3.8, 4) is 5.69 Å². The van der Waals surface area contributed by atoms with E-state index >= 15 is 0 Å². The van der Waals surface area contributed by atoms with Gasteiger partial charge in [-0.2, -0.15) is 4.68 Å². The fourth-order valence-electron chi connectivity index (χ4n) is 4.37. The molecule has 1 heterocycles. The highest BCUT2D eigenvalue weighted by molar-refractivity contribution is 5.93. The van der Waals surface area contributed by atoms with Gasteiger partial charge < -0.3 is 5.32 Å². The molecule has 1 amide bonds. The second-order valence-electron chi connectivity index (χ2n) is 7.18. The van der Waals surface area contributed by atoms with Crippen LogP contribution in [-0.2, 0) is 11.2 Å². The van der Waals surface area contributed by atoms with Gasteiger partial charge in [0.25, 0.3) is 5.92 Å². The van der Waals surface area contributed by atoms with Gasteiger partial charge in [0.15, 0.2) is 5.82 Å². The fraction of sp³-hybridized carbons (Fsp3) is 0.556. The van der Waals surface area contributed by atoms with Gasteiger partial charge in [-0.15, -0.1) is 5.10 Å². The molecule has 6 nitrogen and oxygen atoms in total. The Kier molecular flexibility index (Phi) is 4.00. The Balaban J connectivity index is 1.54. The zero-order valence-electron chi connectivity index (χ0n) is 14.6. The van der Waals surface area contributed by atoms with Crippen molar-refractivity contribution in [1.29, 1.82) is 0 Å². The minimum absolute atomic E-state index is 0.144. The van der Waals surface area contributed by atoms with Crippen molar-refractivity contribution in [1.82, 2.24) is 20.2 Å². The first-order valence-electron chi connectivity index (χ1n) is 9.04. The van der Waals surface area contributed by atoms with E-state index in [9.17, 15) is 13.6 Å². The van der Waals surface area contributed by atoms with Crippen LogP contribution in [0.15, 0.2) is 24.3 Å². The molecule has 2 aliphatic carbocycles. The summed E-state index contributed by atoms with van der Waals surface area (Å²) >= 11 is 0. The lowest BCUT2D eigenvalue weighted by molar-refractivity contribution is -0.118. The number of nitrogens with one attached hydrogen (secondary N) is 1. The number of fused-ring (bicyclic) bond motifs is 1. The molecule has 1 aromatic carbocycles. The number of hydrogen-bond donors (Lipinski definition) is 1. The molecule has 1 aromatic heterocycles. The summed E-state index contributed by atoms with van der Waals surface area (Å²) in [5.74, 6) is -3.08. The number of anilines is 1. The summed E-state index contributed by atoms with van der Waals surface area (Å²) in [7, 11) is 0. The Bertz CT molecular complexity index is 836. The zero-order chi connectivity index (χ0) is 18.4. The van der Waals surface area contributed by atoms with Crippen LogP contribution in [0.1, 0.15) is 44.9 Å². The highest BCUT2D eigenvalue weighted by Gasteiger charge is 2.80. The van der Waals surface area contributed by atoms with Gasteiger partial charge in [-0.05, 0) is 35.4 Å². The van der Waals surface area contributed by atoms with Crippen molar-refractivity contribution in [3.05, 3.63) is 30.1 Å². The first-order chi connectivity index (χ1) is 12.5. The molecule has 0 bridgehead atoms. The molecule has 0 radical (unpaired) electrons. The number of nitrogens with zero attached hydrogens (tertiary/aromatic N) is 4. The summed E-state index contributed by atoms with van der Waals surface area (Å²) in [5.41, 5.74) is 0.00314. The number of aryl methyl sites for hydroxylation is 1. The van der Waals surface area contributed by atoms with Crippen LogP contribution in [0, 0.1) is 11.3 Å². The molecule has 138 valence electrons. The van der Waals surface area contributed by atoms with Gasteiger partial charge in [-0.25, -0.2) is 8.78 Å². The molecule has 0 spiro atoms. The van der Waals surface area contributed by atoms with Crippen LogP contribution in [0.4, 0.5) is 14.5 Å². The maximum absolute atomic E-state index is 14.2. The van der Waals surface area contributed by atoms with E-state index in [1.165, 1.54) is 0 Å². The van der Waals surface area contributed by atoms with Crippen molar-refractivity contribution in [2.24, 2.45) is 11.3 Å². The van der Waals surface area contributed by atoms with E-state index in [0.717, 1.165) is 12.8 Å². The molecular weight excluding hydrogens is 340 g/mol. The molecule has 2 aromatic rings. The second-order valence-corrected chi connectivity index (χ2v) is 7.18. The van der Waals surface area contributed by atoms with E-state index in [4.69, 9.17) is 0 Å². The topological polar surface area (TPSA) is 72.7 Å². The largest absolute Gasteiger partial charge is 0.324 e. The van der Waals surface area contributed by atoms with E-state index in [2.05, 4.69) is 20.8 Å². The van der Waals surface area contributed by atoms with Gasteiger partial charge in [0.05, 0.1) is 16.8 Å². The third kappa shape index (κ3) is 2.50. The van der Waals surface area contributed by atoms with Crippen molar-refractivity contribution in [2.45, 2.75) is 51.4 Å². The summed E-state index contributed by atoms with van der Waals surface area (Å²) in [6.45, 7) is 1.93. The van der Waals surface area contributed by atoms with Crippen LogP contribution in [0.3, 0.4) is 0 Å². The normalized spacial score (nSPS) is 26.2. The van der Waals surface area contributed by atoms with Crippen LogP contribution >= 0.6 is 0 Å². The van der Waals surface area contributed by atoms with Crippen molar-refractivity contribution >= 4 is 11.6 Å². The summed E-state index contributed by atoms with van der Waals surface area (Å²) in [6, 6.07) is 7.12. The van der Waals surface area contributed by atoms with E-state index in [1.807, 2.05) is 13.0 Å². The third-order valence-corrected chi connectivity index (χ3v) is 5.78. The molecule has 8 heteroatoms. The number of halogens is 2. The molecule has 4 rings (SSSR count). The first kappa shape index (κ1) is 17.1. The van der Waals surface area contributed by atoms with E-state index in [-0.39, 0.29) is 12.3 Å². The Morgan fingerprint density at radius 2 is 2.15 bits per heavy atom. The van der Waals surface area contributed by atoms with Crippen LogP contribution in [0.2, 0.25) is 0 Å². The van der Waals surface area contributed by atoms with Gasteiger partial charge in [-0.1, -0.05) is 31.9 Å². The predicted molar refractivity (Wildman–Crippen MR) is 91.1 cm³/mol. The smallest absolute Gasteiger partial charge is 0.258 e. The lowest BCUT2D eigenvalue weighted by Gasteiger charge is -2.20. The van der Waals surface area contributed by atoms with Crippen molar-refractivity contribution < 1.29 is 13.6 Å². The van der Waals surface area contributed by atoms with Crippen LogP contribution in [0.5, 0.6) is 0 Å². The lowest BCUT2D eigenvalue weighted by atomic mass is 9.85. The number of hydrogen-bond acceptors (Lipinski definition) is 4. The monoisotopic (exact) mass is 361 g/mol. The standard InChI is InChI=1S/C18H21F2N5O/c1-2-15-22-23-24-25(15)13-8-4-3-7-12(13)21-16(26)11-17-10-6-5-9-14(17)18(17,19)20/h3-4,7-8,14H,2,5-6,9-11H2,1H3,(H,21,26). The number of aromatic nitrogens is 4. The summed E-state index contributed by atoms with van der Waals surface area (Å²) in [6.07, 6.45) is 3.02. The SMILES string of the molecule is CCc1nnnn1-c1ccccc1NC(=O)CC12CCCCC1C2(F)F. The third-order valence-electron chi connectivity index (χ3n) is 5.78. The second kappa shape index (κ2) is 6.10. The molecule has 2 atom stereocenters. The number of tetrazole rings is 1. The zero-order valence-corrected chi connectivity index (χ0v) is 14.6. The van der Waals surface area contributed by atoms with Gasteiger partial charge in [0.1, 0.15) is 0 Å². The van der Waals surface area contributed by atoms with Crippen molar-refractivity contribution in [3.63, 3.8) is 0 Å². The highest BCUT2D eigenvalue weighted by atomic mass is 19.3. The van der Waals surface area contributed by atoms with Crippen molar-refractivity contribution in [2.75, 3.05) is 5.32 Å². The van der Waals surface area contributed by atoms with Gasteiger partial charge >= 0.3 is 0 Å². The first-order valence-corrected chi connectivity index (χ1v) is 9.04. The molecule has 2 unspecified atom stereocenters. The number of alkyl halides is 2. The minimum Gasteiger partial charge on any atom is -0.324 e. The Morgan fingerprint density at radius 1 is 1.35 bits per heavy atom. The lowest BCUT2D eigenvalue weighted by Crippen LogP contribution is -2.23. The number of benzene rings is 1. The molecule has 2 saturated carbocycles. The maximum atomic E-state index is 14.2. The number of para-hydroxylation sites is 2. The average Bonchev–Trinajstić information content (AvgIpc) is 2.96. The fourth-order valence-corrected chi connectivity index (χ4v) is 4.37. The van der Waals surface area contributed by atoms with Crippen LogP contribution in [-0.4, -0.2) is 32.0 Å². The van der Waals surface area contributed by atoms with E-state index in [1.54, 1.807) is 22.9 Å². The highest BCUT2D eigenvalue weighted by Crippen LogP contribution is 2.73. The van der Waals surface area contributed by atoms with Crippen LogP contribution < -0.4 is 5.32 Å². The predicted octanol–water partition coefficient (Wildman–Crippen LogP) is 3.38. The quantitative estimate of drug-likeness (QED) is 0.886. The van der Waals surface area contributed by atoms with Crippen LogP contribution in [0.25, 0.3) is 5.69 Å². The molecular formula is C18H21F2N5O. The van der Waals surface area contributed by atoms with Gasteiger partial charge in [0.2, 0.25) is 5.91 Å². The summed E-state index contributed by atoms with van der Waals surface area (Å²) in [4.78, 5) is 12.6. The number of amides is 1. The average molecular weight is 361 g/mol. The molecule has 26 heavy (non-hydrogen) atoms. The minimum atomic E-state index is -2.72.